The van der Waals surface area contributed by atoms with Crippen molar-refractivity contribution in [2.24, 2.45) is 18.7 Å². The highest BCUT2D eigenvalue weighted by Gasteiger charge is 2.27. The molecule has 1 saturated carbocycles. The maximum atomic E-state index is 6.13. The van der Waals surface area contributed by atoms with Gasteiger partial charge < -0.3 is 10.3 Å². The van der Waals surface area contributed by atoms with Crippen LogP contribution in [0.25, 0.3) is 0 Å². The lowest BCUT2D eigenvalue weighted by Gasteiger charge is -2.31. The smallest absolute Gasteiger partial charge is 0.191 e. The maximum absolute atomic E-state index is 6.13. The van der Waals surface area contributed by atoms with Crippen molar-refractivity contribution in [3.05, 3.63) is 6.33 Å². The van der Waals surface area contributed by atoms with Gasteiger partial charge in [-0.15, -0.1) is 10.2 Å². The van der Waals surface area contributed by atoms with Crippen LogP contribution in [0.5, 0.6) is 0 Å². The van der Waals surface area contributed by atoms with Crippen LogP contribution in [0.3, 0.4) is 0 Å². The van der Waals surface area contributed by atoms with Crippen molar-refractivity contribution in [1.82, 2.24) is 14.8 Å². The van der Waals surface area contributed by atoms with Crippen LogP contribution in [0.15, 0.2) is 11.5 Å². The number of nitrogens with two attached hydrogens (primary N) is 1. The second-order valence-electron chi connectivity index (χ2n) is 4.46. The molecule has 1 aliphatic carbocycles. The van der Waals surface area contributed by atoms with Gasteiger partial charge in [0.05, 0.1) is 0 Å². The van der Waals surface area contributed by atoms with Crippen molar-refractivity contribution in [3.63, 3.8) is 0 Å². The van der Waals surface area contributed by atoms with Crippen LogP contribution < -0.4 is 5.73 Å². The topological polar surface area (TPSA) is 56.7 Å². The summed E-state index contributed by atoms with van der Waals surface area (Å²) in [6.45, 7) is 2.30. The Morgan fingerprint density at radius 1 is 1.53 bits per heavy atom. The fourth-order valence-electron chi connectivity index (χ4n) is 2.00. The molecular weight excluding hydrogens is 208 g/mol. The van der Waals surface area contributed by atoms with Gasteiger partial charge in [0, 0.05) is 18.3 Å². The number of aryl methyl sites for hydroxylation is 1. The van der Waals surface area contributed by atoms with Gasteiger partial charge in [0.2, 0.25) is 0 Å². The second kappa shape index (κ2) is 4.53. The SMILES string of the molecule is CC1CCC(N)C(Sc2nncn2C)C1. The van der Waals surface area contributed by atoms with Gasteiger partial charge in [-0.3, -0.25) is 0 Å². The highest BCUT2D eigenvalue weighted by atomic mass is 32.2. The standard InChI is InChI=1S/C10H18N4S/c1-7-3-4-8(11)9(5-7)15-10-13-12-6-14(10)2/h6-9H,3-5,11H2,1-2H3. The van der Waals surface area contributed by atoms with Crippen molar-refractivity contribution < 1.29 is 0 Å². The van der Waals surface area contributed by atoms with Gasteiger partial charge in [0.15, 0.2) is 5.16 Å². The van der Waals surface area contributed by atoms with Crippen LogP contribution in [-0.2, 0) is 7.05 Å². The third kappa shape index (κ3) is 2.52. The van der Waals surface area contributed by atoms with Crippen molar-refractivity contribution in [3.8, 4) is 0 Å². The number of rotatable bonds is 2. The first kappa shape index (κ1) is 11.0. The Morgan fingerprint density at radius 3 is 3.00 bits per heavy atom. The Balaban J connectivity index is 2.01. The molecule has 1 aliphatic rings. The summed E-state index contributed by atoms with van der Waals surface area (Å²) in [5, 5.41) is 9.45. The molecule has 2 rings (SSSR count). The fourth-order valence-corrected chi connectivity index (χ4v) is 3.32. The van der Waals surface area contributed by atoms with Gasteiger partial charge in [0.25, 0.3) is 0 Å². The number of aromatic nitrogens is 3. The first-order valence-corrected chi connectivity index (χ1v) is 6.31. The second-order valence-corrected chi connectivity index (χ2v) is 5.67. The third-order valence-corrected chi connectivity index (χ3v) is 4.46. The monoisotopic (exact) mass is 226 g/mol. The van der Waals surface area contributed by atoms with E-state index in [1.54, 1.807) is 18.1 Å². The lowest BCUT2D eigenvalue weighted by atomic mass is 9.87. The predicted molar refractivity (Wildman–Crippen MR) is 61.6 cm³/mol. The summed E-state index contributed by atoms with van der Waals surface area (Å²) in [5.74, 6) is 0.788. The van der Waals surface area contributed by atoms with Gasteiger partial charge in [-0.1, -0.05) is 18.7 Å². The van der Waals surface area contributed by atoms with E-state index in [-0.39, 0.29) is 0 Å². The lowest BCUT2D eigenvalue weighted by Crippen LogP contribution is -2.37. The maximum Gasteiger partial charge on any atom is 0.191 e. The Kier molecular flexibility index (Phi) is 3.31. The first-order chi connectivity index (χ1) is 7.16. The first-order valence-electron chi connectivity index (χ1n) is 5.43. The molecule has 3 atom stereocenters. The summed E-state index contributed by atoms with van der Waals surface area (Å²) in [5.41, 5.74) is 6.13. The Labute approximate surface area is 94.6 Å². The average molecular weight is 226 g/mol. The number of hydrogen-bond donors (Lipinski definition) is 1. The quantitative estimate of drug-likeness (QED) is 0.828. The molecule has 1 fully saturated rings. The van der Waals surface area contributed by atoms with E-state index in [9.17, 15) is 0 Å². The van der Waals surface area contributed by atoms with Crippen LogP contribution in [-0.4, -0.2) is 26.1 Å². The van der Waals surface area contributed by atoms with E-state index in [1.807, 2.05) is 11.6 Å². The van der Waals surface area contributed by atoms with Crippen molar-refractivity contribution in [2.45, 2.75) is 42.6 Å². The largest absolute Gasteiger partial charge is 0.327 e. The molecule has 0 saturated heterocycles. The normalized spacial score (nSPS) is 31.8. The summed E-state index contributed by atoms with van der Waals surface area (Å²) in [6, 6.07) is 0.308. The van der Waals surface area contributed by atoms with Gasteiger partial charge in [-0.25, -0.2) is 0 Å². The van der Waals surface area contributed by atoms with Crippen LogP contribution in [0.2, 0.25) is 0 Å². The molecule has 2 N–H and O–H groups in total. The Hall–Kier alpha value is -0.550. The molecule has 0 aliphatic heterocycles. The summed E-state index contributed by atoms with van der Waals surface area (Å²) < 4.78 is 1.96. The van der Waals surface area contributed by atoms with Crippen molar-refractivity contribution in [1.29, 1.82) is 0 Å². The molecule has 0 bridgehead atoms. The van der Waals surface area contributed by atoms with Crippen molar-refractivity contribution in [2.75, 3.05) is 0 Å². The van der Waals surface area contributed by atoms with E-state index in [2.05, 4.69) is 17.1 Å². The number of hydrogen-bond acceptors (Lipinski definition) is 4. The van der Waals surface area contributed by atoms with E-state index in [0.29, 0.717) is 11.3 Å². The van der Waals surface area contributed by atoms with E-state index in [1.165, 1.54) is 12.8 Å². The minimum atomic E-state index is 0.308. The minimum absolute atomic E-state index is 0.308. The van der Waals surface area contributed by atoms with E-state index in [0.717, 1.165) is 17.5 Å². The van der Waals surface area contributed by atoms with E-state index < -0.39 is 0 Å². The molecule has 5 heteroatoms. The van der Waals surface area contributed by atoms with Crippen LogP contribution in [0, 0.1) is 5.92 Å². The zero-order valence-electron chi connectivity index (χ0n) is 9.26. The molecule has 1 heterocycles. The highest BCUT2D eigenvalue weighted by molar-refractivity contribution is 7.99. The number of nitrogens with zero attached hydrogens (tertiary/aromatic N) is 3. The molecule has 0 spiro atoms. The van der Waals surface area contributed by atoms with Crippen LogP contribution in [0.4, 0.5) is 0 Å². The zero-order chi connectivity index (χ0) is 10.8. The molecule has 3 unspecified atom stereocenters. The Bertz CT molecular complexity index is 325. The molecular formula is C10H18N4S. The molecule has 4 nitrogen and oxygen atoms in total. The molecule has 0 radical (unpaired) electrons. The number of thioether (sulfide) groups is 1. The summed E-state index contributed by atoms with van der Waals surface area (Å²) in [6.07, 6.45) is 5.33. The molecule has 0 aromatic carbocycles. The average Bonchev–Trinajstić information content (AvgIpc) is 2.58. The third-order valence-electron chi connectivity index (χ3n) is 3.03. The summed E-state index contributed by atoms with van der Waals surface area (Å²) in [4.78, 5) is 0. The van der Waals surface area contributed by atoms with Gasteiger partial charge in [-0.2, -0.15) is 0 Å². The lowest BCUT2D eigenvalue weighted by molar-refractivity contribution is 0.357. The summed E-state index contributed by atoms with van der Waals surface area (Å²) in [7, 11) is 1.97. The van der Waals surface area contributed by atoms with E-state index >= 15 is 0 Å². The zero-order valence-corrected chi connectivity index (χ0v) is 10.1. The summed E-state index contributed by atoms with van der Waals surface area (Å²) >= 11 is 1.77. The highest BCUT2D eigenvalue weighted by Crippen LogP contribution is 2.34. The minimum Gasteiger partial charge on any atom is -0.327 e. The fraction of sp³-hybridized carbons (Fsp3) is 0.800. The predicted octanol–water partition coefficient (Wildman–Crippen LogP) is 1.42. The molecule has 1 aromatic rings. The van der Waals surface area contributed by atoms with Gasteiger partial charge in [-0.05, 0) is 25.2 Å². The van der Waals surface area contributed by atoms with Crippen molar-refractivity contribution >= 4 is 11.8 Å². The molecule has 0 amide bonds. The van der Waals surface area contributed by atoms with Crippen LogP contribution >= 0.6 is 11.8 Å². The Morgan fingerprint density at radius 2 is 2.33 bits per heavy atom. The van der Waals surface area contributed by atoms with E-state index in [4.69, 9.17) is 5.73 Å². The molecule has 84 valence electrons. The van der Waals surface area contributed by atoms with Crippen LogP contribution in [0.1, 0.15) is 26.2 Å². The van der Waals surface area contributed by atoms with Gasteiger partial charge in [0.1, 0.15) is 6.33 Å². The van der Waals surface area contributed by atoms with Gasteiger partial charge >= 0.3 is 0 Å². The molecule has 1 aromatic heterocycles. The molecule has 15 heavy (non-hydrogen) atoms.